The highest BCUT2D eigenvalue weighted by Crippen LogP contribution is 2.12. The second-order valence-electron chi connectivity index (χ2n) is 4.30. The lowest BCUT2D eigenvalue weighted by atomic mass is 10.0. The summed E-state index contributed by atoms with van der Waals surface area (Å²) in [5.74, 6) is 0. The van der Waals surface area contributed by atoms with Gasteiger partial charge >= 0.3 is 6.01 Å². The Labute approximate surface area is 107 Å². The van der Waals surface area contributed by atoms with Crippen molar-refractivity contribution in [2.75, 3.05) is 13.2 Å². The highest BCUT2D eigenvalue weighted by Gasteiger charge is 2.11. The molecule has 1 saturated heterocycles. The molecule has 4 nitrogen and oxygen atoms in total. The van der Waals surface area contributed by atoms with E-state index in [4.69, 9.17) is 16.3 Å². The number of ether oxygens (including phenoxy) is 1. The van der Waals surface area contributed by atoms with E-state index in [1.165, 1.54) is 19.3 Å². The minimum atomic E-state index is 0.370. The molecule has 0 radical (unpaired) electrons. The molecule has 1 aromatic heterocycles. The van der Waals surface area contributed by atoms with Gasteiger partial charge in [0.15, 0.2) is 0 Å². The van der Waals surface area contributed by atoms with Crippen molar-refractivity contribution in [3.05, 3.63) is 17.4 Å². The molecule has 0 unspecified atom stereocenters. The topological polar surface area (TPSA) is 47.0 Å². The maximum atomic E-state index is 5.74. The summed E-state index contributed by atoms with van der Waals surface area (Å²) in [6.45, 7) is 1.81. The lowest BCUT2D eigenvalue weighted by Gasteiger charge is -2.23. The summed E-state index contributed by atoms with van der Waals surface area (Å²) < 4.78 is 5.44. The molecule has 1 atom stereocenters. The number of hydrogen-bond acceptors (Lipinski definition) is 4. The van der Waals surface area contributed by atoms with Crippen LogP contribution in [0.4, 0.5) is 0 Å². The van der Waals surface area contributed by atoms with Crippen molar-refractivity contribution in [3.63, 3.8) is 0 Å². The molecule has 94 valence electrons. The van der Waals surface area contributed by atoms with Crippen molar-refractivity contribution in [1.82, 2.24) is 15.3 Å². The summed E-state index contributed by atoms with van der Waals surface area (Å²) in [7, 11) is 0. The number of aromatic nitrogens is 2. The second kappa shape index (κ2) is 6.77. The molecule has 5 heteroatoms. The lowest BCUT2D eigenvalue weighted by molar-refractivity contribution is 0.267. The molecular weight excluding hydrogens is 238 g/mol. The molecule has 1 aromatic rings. The van der Waals surface area contributed by atoms with E-state index in [9.17, 15) is 0 Å². The van der Waals surface area contributed by atoms with Gasteiger partial charge in [0.25, 0.3) is 0 Å². The van der Waals surface area contributed by atoms with E-state index in [0.717, 1.165) is 19.4 Å². The Morgan fingerprint density at radius 3 is 3.18 bits per heavy atom. The van der Waals surface area contributed by atoms with Crippen LogP contribution in [0.3, 0.4) is 0 Å². The molecule has 2 rings (SSSR count). The molecule has 0 aromatic carbocycles. The first kappa shape index (κ1) is 12.6. The van der Waals surface area contributed by atoms with Gasteiger partial charge in [0, 0.05) is 12.2 Å². The first-order chi connectivity index (χ1) is 8.34. The van der Waals surface area contributed by atoms with Gasteiger partial charge in [-0.05, 0) is 38.3 Å². The molecule has 0 saturated carbocycles. The maximum Gasteiger partial charge on any atom is 0.317 e. The summed E-state index contributed by atoms with van der Waals surface area (Å²) in [5, 5.41) is 3.94. The summed E-state index contributed by atoms with van der Waals surface area (Å²) in [5.41, 5.74) is 0. The van der Waals surface area contributed by atoms with Crippen LogP contribution in [-0.2, 0) is 0 Å². The predicted molar refractivity (Wildman–Crippen MR) is 67.4 cm³/mol. The minimum Gasteiger partial charge on any atom is -0.463 e. The highest BCUT2D eigenvalue weighted by atomic mass is 35.5. The third kappa shape index (κ3) is 4.48. The predicted octanol–water partition coefficient (Wildman–Crippen LogP) is 2.43. The fourth-order valence-corrected chi connectivity index (χ4v) is 2.18. The lowest BCUT2D eigenvalue weighted by Crippen LogP contribution is -2.34. The quantitative estimate of drug-likeness (QED) is 0.649. The molecule has 0 amide bonds. The molecule has 1 N–H and O–H groups in total. The van der Waals surface area contributed by atoms with E-state index in [-0.39, 0.29) is 0 Å². The maximum absolute atomic E-state index is 5.74. The Bertz CT molecular complexity index is 342. The zero-order chi connectivity index (χ0) is 11.9. The van der Waals surface area contributed by atoms with E-state index >= 15 is 0 Å². The van der Waals surface area contributed by atoms with Gasteiger partial charge in [0.2, 0.25) is 0 Å². The van der Waals surface area contributed by atoms with Crippen LogP contribution in [0.5, 0.6) is 6.01 Å². The van der Waals surface area contributed by atoms with Gasteiger partial charge in [-0.15, -0.1) is 0 Å². The smallest absolute Gasteiger partial charge is 0.317 e. The number of hydrogen-bond donors (Lipinski definition) is 1. The van der Waals surface area contributed by atoms with Gasteiger partial charge in [-0.25, -0.2) is 4.98 Å². The van der Waals surface area contributed by atoms with Gasteiger partial charge in [0.1, 0.15) is 5.15 Å². The zero-order valence-electron chi connectivity index (χ0n) is 9.86. The summed E-state index contributed by atoms with van der Waals surface area (Å²) in [4.78, 5) is 7.96. The summed E-state index contributed by atoms with van der Waals surface area (Å²) in [6, 6.07) is 2.67. The number of rotatable bonds is 5. The molecule has 17 heavy (non-hydrogen) atoms. The van der Waals surface area contributed by atoms with Crippen LogP contribution in [0.15, 0.2) is 12.3 Å². The van der Waals surface area contributed by atoms with Crippen molar-refractivity contribution in [1.29, 1.82) is 0 Å². The minimum absolute atomic E-state index is 0.370. The first-order valence-electron chi connectivity index (χ1n) is 6.19. The fourth-order valence-electron chi connectivity index (χ4n) is 2.05. The van der Waals surface area contributed by atoms with Crippen molar-refractivity contribution >= 4 is 11.6 Å². The molecule has 0 aliphatic carbocycles. The molecule has 1 aliphatic heterocycles. The normalized spacial score (nSPS) is 20.2. The van der Waals surface area contributed by atoms with Crippen molar-refractivity contribution < 1.29 is 4.74 Å². The third-order valence-corrected chi connectivity index (χ3v) is 3.15. The Balaban J connectivity index is 1.62. The van der Waals surface area contributed by atoms with Crippen LogP contribution in [0, 0.1) is 0 Å². The average Bonchev–Trinajstić information content (AvgIpc) is 2.36. The molecular formula is C12H18ClN3O. The van der Waals surface area contributed by atoms with Crippen LogP contribution >= 0.6 is 11.6 Å². The van der Waals surface area contributed by atoms with Crippen LogP contribution in [-0.4, -0.2) is 29.2 Å². The molecule has 1 aliphatic rings. The Kier molecular flexibility index (Phi) is 5.01. The monoisotopic (exact) mass is 255 g/mol. The van der Waals surface area contributed by atoms with E-state index in [0.29, 0.717) is 23.8 Å². The van der Waals surface area contributed by atoms with E-state index in [1.54, 1.807) is 12.3 Å². The first-order valence-corrected chi connectivity index (χ1v) is 6.57. The molecule has 0 spiro atoms. The number of piperidine rings is 1. The van der Waals surface area contributed by atoms with Gasteiger partial charge in [-0.1, -0.05) is 18.0 Å². The largest absolute Gasteiger partial charge is 0.463 e. The van der Waals surface area contributed by atoms with Gasteiger partial charge < -0.3 is 10.1 Å². The van der Waals surface area contributed by atoms with Crippen LogP contribution in [0.2, 0.25) is 5.15 Å². The van der Waals surface area contributed by atoms with E-state index in [1.807, 2.05) is 0 Å². The number of nitrogens with one attached hydrogen (secondary N) is 1. The number of halogens is 1. The van der Waals surface area contributed by atoms with Crippen molar-refractivity contribution in [2.24, 2.45) is 0 Å². The SMILES string of the molecule is Clc1ccnc(OCCC[C@H]2CCCCN2)n1. The van der Waals surface area contributed by atoms with Gasteiger partial charge in [-0.2, -0.15) is 4.98 Å². The van der Waals surface area contributed by atoms with Crippen LogP contribution < -0.4 is 10.1 Å². The van der Waals surface area contributed by atoms with Gasteiger partial charge in [-0.3, -0.25) is 0 Å². The van der Waals surface area contributed by atoms with Crippen molar-refractivity contribution in [2.45, 2.75) is 38.1 Å². The molecule has 2 heterocycles. The fraction of sp³-hybridized carbons (Fsp3) is 0.667. The third-order valence-electron chi connectivity index (χ3n) is 2.94. The summed E-state index contributed by atoms with van der Waals surface area (Å²) in [6.07, 6.45) is 7.72. The second-order valence-corrected chi connectivity index (χ2v) is 4.69. The Hall–Kier alpha value is -0.870. The Morgan fingerprint density at radius 2 is 2.41 bits per heavy atom. The standard InChI is InChI=1S/C12H18ClN3O/c13-11-6-8-15-12(16-11)17-9-3-5-10-4-1-2-7-14-10/h6,8,10,14H,1-5,7,9H2/t10-/m1/s1. The Morgan fingerprint density at radius 1 is 1.47 bits per heavy atom. The van der Waals surface area contributed by atoms with Crippen molar-refractivity contribution in [3.8, 4) is 6.01 Å². The zero-order valence-corrected chi connectivity index (χ0v) is 10.6. The van der Waals surface area contributed by atoms with E-state index in [2.05, 4.69) is 15.3 Å². The van der Waals surface area contributed by atoms with Crippen LogP contribution in [0.1, 0.15) is 32.1 Å². The molecule has 1 fully saturated rings. The average molecular weight is 256 g/mol. The van der Waals surface area contributed by atoms with E-state index < -0.39 is 0 Å². The summed E-state index contributed by atoms with van der Waals surface area (Å²) >= 11 is 5.74. The highest BCUT2D eigenvalue weighted by molar-refractivity contribution is 6.29. The molecule has 0 bridgehead atoms. The number of nitrogens with zero attached hydrogens (tertiary/aromatic N) is 2. The van der Waals surface area contributed by atoms with Crippen LogP contribution in [0.25, 0.3) is 0 Å². The van der Waals surface area contributed by atoms with Gasteiger partial charge in [0.05, 0.1) is 6.61 Å².